The van der Waals surface area contributed by atoms with Crippen LogP contribution < -0.4 is 5.73 Å². The molecule has 76 valence electrons. The molecule has 0 aliphatic heterocycles. The summed E-state index contributed by atoms with van der Waals surface area (Å²) in [6.45, 7) is 0. The Morgan fingerprint density at radius 1 is 1.40 bits per heavy atom. The van der Waals surface area contributed by atoms with Gasteiger partial charge in [0, 0.05) is 19.0 Å². The molecule has 3 nitrogen and oxygen atoms in total. The lowest BCUT2D eigenvalue weighted by atomic mass is 9.76. The van der Waals surface area contributed by atoms with Gasteiger partial charge in [0.15, 0.2) is 0 Å². The molecule has 15 heavy (non-hydrogen) atoms. The monoisotopic (exact) mass is 199 g/mol. The highest BCUT2D eigenvalue weighted by Crippen LogP contribution is 2.39. The first-order valence-electron chi connectivity index (χ1n) is 5.13. The fourth-order valence-electron chi connectivity index (χ4n) is 2.20. The lowest BCUT2D eigenvalue weighted by molar-refractivity contribution is 0.654. The van der Waals surface area contributed by atoms with Crippen molar-refractivity contribution in [3.05, 3.63) is 47.2 Å². The van der Waals surface area contributed by atoms with Gasteiger partial charge in [-0.05, 0) is 17.5 Å². The predicted molar refractivity (Wildman–Crippen MR) is 59.6 cm³/mol. The van der Waals surface area contributed by atoms with Crippen molar-refractivity contribution in [2.24, 2.45) is 7.05 Å². The van der Waals surface area contributed by atoms with Crippen molar-refractivity contribution in [2.45, 2.75) is 12.3 Å². The van der Waals surface area contributed by atoms with E-state index in [4.69, 9.17) is 5.73 Å². The molecule has 2 N–H and O–H groups in total. The lowest BCUT2D eigenvalue weighted by Gasteiger charge is -2.28. The third-order valence-corrected chi connectivity index (χ3v) is 3.15. The predicted octanol–water partition coefficient (Wildman–Crippen LogP) is 1.69. The molecule has 1 unspecified atom stereocenters. The molecule has 0 saturated carbocycles. The summed E-state index contributed by atoms with van der Waals surface area (Å²) in [6, 6.07) is 10.5. The molecule has 3 heteroatoms. The standard InChI is InChI=1S/C12H13N3/c1-15-12(13)7-11(14-15)10-6-8-4-2-3-5-9(8)10/h2-5,7,10H,6,13H2,1H3. The number of hydrogen-bond donors (Lipinski definition) is 1. The highest BCUT2D eigenvalue weighted by atomic mass is 15.3. The van der Waals surface area contributed by atoms with Crippen molar-refractivity contribution in [1.29, 1.82) is 0 Å². The summed E-state index contributed by atoms with van der Waals surface area (Å²) in [5, 5.41) is 4.42. The first-order chi connectivity index (χ1) is 7.25. The maximum absolute atomic E-state index is 5.78. The zero-order valence-electron chi connectivity index (χ0n) is 8.64. The quantitative estimate of drug-likeness (QED) is 0.759. The van der Waals surface area contributed by atoms with Crippen molar-refractivity contribution in [2.75, 3.05) is 5.73 Å². The van der Waals surface area contributed by atoms with Crippen LogP contribution >= 0.6 is 0 Å². The van der Waals surface area contributed by atoms with Gasteiger partial charge in [0.2, 0.25) is 0 Å². The molecule has 0 amide bonds. The highest BCUT2D eigenvalue weighted by Gasteiger charge is 2.28. The molecule has 1 aliphatic rings. The summed E-state index contributed by atoms with van der Waals surface area (Å²) < 4.78 is 1.73. The van der Waals surface area contributed by atoms with E-state index in [-0.39, 0.29) is 0 Å². The topological polar surface area (TPSA) is 43.8 Å². The van der Waals surface area contributed by atoms with Crippen LogP contribution in [0, 0.1) is 0 Å². The van der Waals surface area contributed by atoms with Gasteiger partial charge in [-0.15, -0.1) is 0 Å². The van der Waals surface area contributed by atoms with Gasteiger partial charge in [-0.25, -0.2) is 0 Å². The van der Waals surface area contributed by atoms with Crippen LogP contribution in [0.4, 0.5) is 5.82 Å². The van der Waals surface area contributed by atoms with Gasteiger partial charge in [-0.3, -0.25) is 4.68 Å². The average Bonchev–Trinajstić information content (AvgIpc) is 2.49. The highest BCUT2D eigenvalue weighted by molar-refractivity contribution is 5.47. The molecular weight excluding hydrogens is 186 g/mol. The van der Waals surface area contributed by atoms with Crippen LogP contribution in [0.5, 0.6) is 0 Å². The van der Waals surface area contributed by atoms with Crippen LogP contribution in [0.25, 0.3) is 0 Å². The zero-order chi connectivity index (χ0) is 10.4. The second-order valence-electron chi connectivity index (χ2n) is 4.07. The Balaban J connectivity index is 2.00. The number of fused-ring (bicyclic) bond motifs is 1. The molecule has 0 bridgehead atoms. The number of nitrogen functional groups attached to an aromatic ring is 1. The van der Waals surface area contributed by atoms with Crippen LogP contribution in [0.2, 0.25) is 0 Å². The van der Waals surface area contributed by atoms with Crippen LogP contribution in [-0.2, 0) is 13.5 Å². The summed E-state index contributed by atoms with van der Waals surface area (Å²) in [4.78, 5) is 0. The SMILES string of the molecule is Cn1nc(C2Cc3ccccc32)cc1N. The van der Waals surface area contributed by atoms with E-state index in [2.05, 4.69) is 29.4 Å². The second kappa shape index (κ2) is 2.86. The fourth-order valence-corrected chi connectivity index (χ4v) is 2.20. The number of benzene rings is 1. The number of hydrogen-bond acceptors (Lipinski definition) is 2. The molecule has 2 aromatic rings. The van der Waals surface area contributed by atoms with Crippen molar-refractivity contribution in [3.8, 4) is 0 Å². The Labute approximate surface area is 88.5 Å². The van der Waals surface area contributed by atoms with Gasteiger partial charge in [-0.1, -0.05) is 24.3 Å². The zero-order valence-corrected chi connectivity index (χ0v) is 8.64. The maximum Gasteiger partial charge on any atom is 0.121 e. The molecule has 1 heterocycles. The van der Waals surface area contributed by atoms with E-state index in [0.717, 1.165) is 17.9 Å². The molecule has 1 atom stereocenters. The van der Waals surface area contributed by atoms with Gasteiger partial charge in [-0.2, -0.15) is 5.10 Å². The molecule has 3 rings (SSSR count). The third-order valence-electron chi connectivity index (χ3n) is 3.15. The van der Waals surface area contributed by atoms with Crippen molar-refractivity contribution < 1.29 is 0 Å². The Kier molecular flexibility index (Phi) is 1.63. The molecule has 1 aromatic heterocycles. The number of nitrogens with two attached hydrogens (primary N) is 1. The number of rotatable bonds is 1. The van der Waals surface area contributed by atoms with E-state index in [0.29, 0.717) is 5.92 Å². The third kappa shape index (κ3) is 1.16. The maximum atomic E-state index is 5.78. The van der Waals surface area contributed by atoms with Gasteiger partial charge in [0.25, 0.3) is 0 Å². The molecule has 1 aliphatic carbocycles. The van der Waals surface area contributed by atoms with Crippen LogP contribution in [0.1, 0.15) is 22.7 Å². The summed E-state index contributed by atoms with van der Waals surface area (Å²) in [7, 11) is 1.88. The Hall–Kier alpha value is -1.77. The molecule has 0 radical (unpaired) electrons. The van der Waals surface area contributed by atoms with E-state index < -0.39 is 0 Å². The Bertz CT molecular complexity index is 494. The van der Waals surface area contributed by atoms with Gasteiger partial charge in [0.05, 0.1) is 5.69 Å². The molecule has 0 spiro atoms. The Morgan fingerprint density at radius 3 is 2.87 bits per heavy atom. The fraction of sp³-hybridized carbons (Fsp3) is 0.250. The summed E-state index contributed by atoms with van der Waals surface area (Å²) in [5.41, 5.74) is 9.70. The van der Waals surface area contributed by atoms with Gasteiger partial charge < -0.3 is 5.73 Å². The number of nitrogens with zero attached hydrogens (tertiary/aromatic N) is 2. The van der Waals surface area contributed by atoms with Crippen LogP contribution in [0.3, 0.4) is 0 Å². The first-order valence-corrected chi connectivity index (χ1v) is 5.13. The minimum absolute atomic E-state index is 0.449. The van der Waals surface area contributed by atoms with E-state index in [9.17, 15) is 0 Å². The molecule has 0 saturated heterocycles. The van der Waals surface area contributed by atoms with E-state index >= 15 is 0 Å². The van der Waals surface area contributed by atoms with Crippen molar-refractivity contribution in [3.63, 3.8) is 0 Å². The second-order valence-corrected chi connectivity index (χ2v) is 4.07. The van der Waals surface area contributed by atoms with Gasteiger partial charge >= 0.3 is 0 Å². The Morgan fingerprint density at radius 2 is 2.20 bits per heavy atom. The summed E-state index contributed by atoms with van der Waals surface area (Å²) >= 11 is 0. The normalized spacial score (nSPS) is 18.3. The molecule has 0 fully saturated rings. The summed E-state index contributed by atoms with van der Waals surface area (Å²) in [6.07, 6.45) is 1.09. The average molecular weight is 199 g/mol. The van der Waals surface area contributed by atoms with Crippen LogP contribution in [0.15, 0.2) is 30.3 Å². The van der Waals surface area contributed by atoms with Crippen molar-refractivity contribution >= 4 is 5.82 Å². The minimum atomic E-state index is 0.449. The smallest absolute Gasteiger partial charge is 0.121 e. The van der Waals surface area contributed by atoms with E-state index in [1.54, 1.807) is 4.68 Å². The largest absolute Gasteiger partial charge is 0.384 e. The molecular formula is C12H13N3. The lowest BCUT2D eigenvalue weighted by Crippen LogP contribution is -2.18. The molecule has 1 aromatic carbocycles. The van der Waals surface area contributed by atoms with Crippen LogP contribution in [-0.4, -0.2) is 9.78 Å². The number of aryl methyl sites for hydroxylation is 1. The number of aromatic nitrogens is 2. The van der Waals surface area contributed by atoms with E-state index in [1.807, 2.05) is 13.1 Å². The van der Waals surface area contributed by atoms with Gasteiger partial charge in [0.1, 0.15) is 5.82 Å². The first kappa shape index (κ1) is 8.53. The van der Waals surface area contributed by atoms with E-state index in [1.165, 1.54) is 11.1 Å². The van der Waals surface area contributed by atoms with Crippen molar-refractivity contribution in [1.82, 2.24) is 9.78 Å². The summed E-state index contributed by atoms with van der Waals surface area (Å²) in [5.74, 6) is 1.18. The minimum Gasteiger partial charge on any atom is -0.384 e. The number of anilines is 1.